The topological polar surface area (TPSA) is 94.8 Å². The first kappa shape index (κ1) is 23.9. The zero-order valence-corrected chi connectivity index (χ0v) is 19.5. The third-order valence-corrected chi connectivity index (χ3v) is 5.64. The van der Waals surface area contributed by atoms with Gasteiger partial charge in [-0.1, -0.05) is 25.1 Å². The molecule has 2 amide bonds. The van der Waals surface area contributed by atoms with Crippen molar-refractivity contribution in [3.05, 3.63) is 41.5 Å². The second-order valence-electron chi connectivity index (χ2n) is 8.36. The zero-order valence-electron chi connectivity index (χ0n) is 19.5. The van der Waals surface area contributed by atoms with Crippen LogP contribution in [0.5, 0.6) is 0 Å². The molecule has 0 atom stereocenters. The molecule has 32 heavy (non-hydrogen) atoms. The molecule has 174 valence electrons. The highest BCUT2D eigenvalue weighted by Gasteiger charge is 2.21. The first-order valence-corrected chi connectivity index (χ1v) is 11.4. The molecule has 9 nitrogen and oxygen atoms in total. The molecular weight excluding hydrogens is 408 g/mol. The van der Waals surface area contributed by atoms with Crippen molar-refractivity contribution >= 4 is 17.5 Å². The van der Waals surface area contributed by atoms with Crippen molar-refractivity contribution in [3.63, 3.8) is 0 Å². The first-order chi connectivity index (χ1) is 15.4. The number of benzene rings is 1. The van der Waals surface area contributed by atoms with Crippen LogP contribution in [0.3, 0.4) is 0 Å². The number of amides is 2. The highest BCUT2D eigenvalue weighted by atomic mass is 16.5. The van der Waals surface area contributed by atoms with Gasteiger partial charge in [-0.15, -0.1) is 0 Å². The Hall–Kier alpha value is -2.78. The van der Waals surface area contributed by atoms with E-state index in [9.17, 15) is 9.59 Å². The molecule has 1 saturated heterocycles. The van der Waals surface area contributed by atoms with Crippen LogP contribution in [-0.4, -0.2) is 82.5 Å². The molecule has 2 aromatic rings. The summed E-state index contributed by atoms with van der Waals surface area (Å²) in [5.41, 5.74) is 1.23. The lowest BCUT2D eigenvalue weighted by atomic mass is 10.1. The number of carbonyl (C=O) groups is 2. The summed E-state index contributed by atoms with van der Waals surface area (Å²) in [4.78, 5) is 35.7. The summed E-state index contributed by atoms with van der Waals surface area (Å²) in [6, 6.07) is 7.13. The third-order valence-electron chi connectivity index (χ3n) is 5.64. The lowest BCUT2D eigenvalue weighted by Crippen LogP contribution is -2.48. The Kier molecular flexibility index (Phi) is 8.35. The summed E-state index contributed by atoms with van der Waals surface area (Å²) in [6.07, 6.45) is 0. The smallest absolute Gasteiger partial charge is 0.253 e. The number of anilines is 1. The molecule has 1 aromatic carbocycles. The normalized spacial score (nSPS) is 15.2. The van der Waals surface area contributed by atoms with Crippen LogP contribution in [0.4, 0.5) is 5.69 Å². The maximum atomic E-state index is 12.6. The highest BCUT2D eigenvalue weighted by molar-refractivity contribution is 5.97. The molecule has 1 aliphatic rings. The predicted molar refractivity (Wildman–Crippen MR) is 122 cm³/mol. The Bertz CT molecular complexity index is 901. The molecule has 1 N–H and O–H groups in total. The minimum Gasteiger partial charge on any atom is -0.339 e. The Morgan fingerprint density at radius 2 is 1.81 bits per heavy atom. The maximum absolute atomic E-state index is 12.6. The van der Waals surface area contributed by atoms with E-state index in [0.717, 1.165) is 32.0 Å². The van der Waals surface area contributed by atoms with Crippen molar-refractivity contribution in [2.45, 2.75) is 40.2 Å². The number of aromatic nitrogens is 2. The van der Waals surface area contributed by atoms with E-state index in [-0.39, 0.29) is 17.7 Å². The molecule has 9 heteroatoms. The first-order valence-electron chi connectivity index (χ1n) is 11.4. The van der Waals surface area contributed by atoms with Gasteiger partial charge < -0.3 is 14.7 Å². The van der Waals surface area contributed by atoms with Gasteiger partial charge in [0, 0.05) is 56.4 Å². The van der Waals surface area contributed by atoms with Gasteiger partial charge >= 0.3 is 0 Å². The molecule has 0 bridgehead atoms. The molecule has 0 spiro atoms. The number of hydrogen-bond donors (Lipinski definition) is 1. The number of hydrogen-bond acceptors (Lipinski definition) is 7. The Morgan fingerprint density at radius 3 is 2.44 bits per heavy atom. The van der Waals surface area contributed by atoms with Crippen LogP contribution in [0.25, 0.3) is 0 Å². The summed E-state index contributed by atoms with van der Waals surface area (Å²) < 4.78 is 5.33. The predicted octanol–water partition coefficient (Wildman–Crippen LogP) is 2.43. The fourth-order valence-corrected chi connectivity index (χ4v) is 3.69. The molecule has 0 aliphatic carbocycles. The van der Waals surface area contributed by atoms with Gasteiger partial charge in [0.2, 0.25) is 11.8 Å². The summed E-state index contributed by atoms with van der Waals surface area (Å²) in [5, 5.41) is 6.94. The van der Waals surface area contributed by atoms with Crippen LogP contribution in [-0.2, 0) is 11.3 Å². The van der Waals surface area contributed by atoms with Crippen molar-refractivity contribution in [1.29, 1.82) is 0 Å². The number of piperazine rings is 1. The van der Waals surface area contributed by atoms with Crippen LogP contribution < -0.4 is 5.32 Å². The number of nitrogens with zero attached hydrogens (tertiary/aromatic N) is 5. The minimum absolute atomic E-state index is 0.0241. The zero-order chi connectivity index (χ0) is 23.1. The Morgan fingerprint density at radius 1 is 1.12 bits per heavy atom. The van der Waals surface area contributed by atoms with E-state index >= 15 is 0 Å². The monoisotopic (exact) mass is 442 g/mol. The molecule has 3 rings (SSSR count). The van der Waals surface area contributed by atoms with E-state index in [4.69, 9.17) is 4.52 Å². The molecule has 1 aromatic heterocycles. The lowest BCUT2D eigenvalue weighted by Gasteiger charge is -2.33. The van der Waals surface area contributed by atoms with E-state index < -0.39 is 0 Å². The summed E-state index contributed by atoms with van der Waals surface area (Å²) in [6.45, 7) is 13.5. The minimum atomic E-state index is -0.0793. The van der Waals surface area contributed by atoms with Gasteiger partial charge in [0.15, 0.2) is 5.82 Å². The van der Waals surface area contributed by atoms with Gasteiger partial charge in [0.05, 0.1) is 13.1 Å². The standard InChI is InChI=1S/C23H34N6O3/c1-5-29(6-2)23(31)18-8-7-9-19(14-18)24-20(30)15-27-10-12-28(13-11-27)16-21-25-22(17(3)4)26-32-21/h7-9,14,17H,5-6,10-13,15-16H2,1-4H3,(H,24,30). The molecule has 0 unspecified atom stereocenters. The van der Waals surface area contributed by atoms with E-state index in [1.54, 1.807) is 23.1 Å². The maximum Gasteiger partial charge on any atom is 0.253 e. The largest absolute Gasteiger partial charge is 0.339 e. The van der Waals surface area contributed by atoms with Gasteiger partial charge in [-0.25, -0.2) is 0 Å². The second kappa shape index (κ2) is 11.2. The van der Waals surface area contributed by atoms with Crippen LogP contribution in [0.2, 0.25) is 0 Å². The van der Waals surface area contributed by atoms with E-state index in [1.165, 1.54) is 0 Å². The molecule has 1 fully saturated rings. The summed E-state index contributed by atoms with van der Waals surface area (Å²) >= 11 is 0. The summed E-state index contributed by atoms with van der Waals surface area (Å²) in [7, 11) is 0. The molecular formula is C23H34N6O3. The van der Waals surface area contributed by atoms with Crippen LogP contribution in [0.15, 0.2) is 28.8 Å². The van der Waals surface area contributed by atoms with Gasteiger partial charge in [-0.05, 0) is 32.0 Å². The molecule has 1 aliphatic heterocycles. The van der Waals surface area contributed by atoms with Crippen molar-refractivity contribution in [2.24, 2.45) is 0 Å². The van der Waals surface area contributed by atoms with Crippen molar-refractivity contribution < 1.29 is 14.1 Å². The number of nitrogens with one attached hydrogen (secondary N) is 1. The fraction of sp³-hybridized carbons (Fsp3) is 0.565. The highest BCUT2D eigenvalue weighted by Crippen LogP contribution is 2.14. The van der Waals surface area contributed by atoms with Gasteiger partial charge in [-0.3, -0.25) is 19.4 Å². The average molecular weight is 443 g/mol. The SMILES string of the molecule is CCN(CC)C(=O)c1cccc(NC(=O)CN2CCN(Cc3nc(C(C)C)no3)CC2)c1. The van der Waals surface area contributed by atoms with Gasteiger partial charge in [-0.2, -0.15) is 4.98 Å². The summed E-state index contributed by atoms with van der Waals surface area (Å²) in [5.74, 6) is 1.52. The number of rotatable bonds is 9. The molecule has 0 saturated carbocycles. The Balaban J connectivity index is 1.46. The van der Waals surface area contributed by atoms with Gasteiger partial charge in [0.25, 0.3) is 5.91 Å². The molecule has 0 radical (unpaired) electrons. The molecule has 2 heterocycles. The van der Waals surface area contributed by atoms with E-state index in [1.807, 2.05) is 33.8 Å². The van der Waals surface area contributed by atoms with E-state index in [0.29, 0.717) is 43.3 Å². The fourth-order valence-electron chi connectivity index (χ4n) is 3.69. The average Bonchev–Trinajstić information content (AvgIpc) is 3.25. The van der Waals surface area contributed by atoms with Crippen LogP contribution in [0, 0.1) is 0 Å². The van der Waals surface area contributed by atoms with Crippen LogP contribution in [0.1, 0.15) is 55.7 Å². The third kappa shape index (κ3) is 6.37. The van der Waals surface area contributed by atoms with Gasteiger partial charge in [0.1, 0.15) is 0 Å². The van der Waals surface area contributed by atoms with Crippen molar-refractivity contribution in [1.82, 2.24) is 24.8 Å². The van der Waals surface area contributed by atoms with Crippen molar-refractivity contribution in [3.8, 4) is 0 Å². The van der Waals surface area contributed by atoms with E-state index in [2.05, 4.69) is 25.3 Å². The van der Waals surface area contributed by atoms with Crippen LogP contribution >= 0.6 is 0 Å². The lowest BCUT2D eigenvalue weighted by molar-refractivity contribution is -0.117. The Labute approximate surface area is 189 Å². The number of carbonyl (C=O) groups excluding carboxylic acids is 2. The van der Waals surface area contributed by atoms with Crippen molar-refractivity contribution in [2.75, 3.05) is 51.1 Å². The quantitative estimate of drug-likeness (QED) is 0.637. The second-order valence-corrected chi connectivity index (χ2v) is 8.36.